The molecule has 0 atom stereocenters. The van der Waals surface area contributed by atoms with Gasteiger partial charge in [-0.1, -0.05) is 36.4 Å². The van der Waals surface area contributed by atoms with E-state index in [9.17, 15) is 16.8 Å². The molecule has 0 fully saturated rings. The molecule has 0 N–H and O–H groups in total. The van der Waals surface area contributed by atoms with Crippen molar-refractivity contribution in [2.24, 2.45) is 0 Å². The van der Waals surface area contributed by atoms with Gasteiger partial charge < -0.3 is 4.74 Å². The van der Waals surface area contributed by atoms with Crippen LogP contribution in [0, 0.1) is 13.8 Å². The summed E-state index contributed by atoms with van der Waals surface area (Å²) in [5, 5.41) is 0. The average molecular weight is 479 g/mol. The van der Waals surface area contributed by atoms with E-state index in [-0.39, 0.29) is 19.6 Å². The summed E-state index contributed by atoms with van der Waals surface area (Å²) in [7, 11) is -7.26. The Hall–Kier alpha value is -3.42. The van der Waals surface area contributed by atoms with E-state index in [1.54, 1.807) is 98.8 Å². The van der Waals surface area contributed by atoms with Gasteiger partial charge in [-0.05, 0) is 85.6 Å². The number of rotatable bonds is 6. The Bertz CT molecular complexity index is 1470. The van der Waals surface area contributed by atoms with E-state index in [0.717, 1.165) is 0 Å². The number of ether oxygens (including phenoxy) is 1. The first kappa shape index (κ1) is 22.8. The van der Waals surface area contributed by atoms with Crippen molar-refractivity contribution in [1.82, 2.24) is 0 Å². The fourth-order valence-electron chi connectivity index (χ4n) is 3.50. The summed E-state index contributed by atoms with van der Waals surface area (Å²) in [6.07, 6.45) is 0. The van der Waals surface area contributed by atoms with Crippen LogP contribution in [-0.2, 0) is 19.7 Å². The molecule has 0 saturated carbocycles. The second-order valence-corrected chi connectivity index (χ2v) is 11.5. The molecule has 4 aromatic rings. The number of hydrogen-bond donors (Lipinski definition) is 0. The SMILES string of the molecule is Cc1cc(S(=O)(=O)c2ccccc2)cc(C)c1Oc1ccc(S(=O)(=O)c2ccccc2)cc1. The van der Waals surface area contributed by atoms with Crippen LogP contribution in [0.5, 0.6) is 11.5 Å². The Morgan fingerprint density at radius 1 is 0.515 bits per heavy atom. The van der Waals surface area contributed by atoms with Crippen LogP contribution in [0.2, 0.25) is 0 Å². The smallest absolute Gasteiger partial charge is 0.206 e. The van der Waals surface area contributed by atoms with Crippen LogP contribution in [0.4, 0.5) is 0 Å². The third kappa shape index (κ3) is 4.55. The normalized spacial score (nSPS) is 11.8. The van der Waals surface area contributed by atoms with Crippen molar-refractivity contribution in [1.29, 1.82) is 0 Å². The number of aryl methyl sites for hydroxylation is 2. The van der Waals surface area contributed by atoms with Crippen LogP contribution in [0.1, 0.15) is 11.1 Å². The predicted octanol–water partition coefficient (Wildman–Crippen LogP) is 5.76. The molecule has 0 saturated heterocycles. The third-order valence-corrected chi connectivity index (χ3v) is 8.74. The van der Waals surface area contributed by atoms with Crippen LogP contribution in [0.15, 0.2) is 117 Å². The first-order valence-electron chi connectivity index (χ1n) is 10.2. The van der Waals surface area contributed by atoms with Crippen molar-refractivity contribution in [3.05, 3.63) is 108 Å². The summed E-state index contributed by atoms with van der Waals surface area (Å²) in [6.45, 7) is 3.56. The van der Waals surface area contributed by atoms with Gasteiger partial charge in [0.2, 0.25) is 19.7 Å². The predicted molar refractivity (Wildman–Crippen MR) is 126 cm³/mol. The lowest BCUT2D eigenvalue weighted by Gasteiger charge is -2.15. The minimum atomic E-state index is -3.64. The maximum Gasteiger partial charge on any atom is 0.206 e. The molecule has 0 unspecified atom stereocenters. The van der Waals surface area contributed by atoms with E-state index in [4.69, 9.17) is 4.74 Å². The van der Waals surface area contributed by atoms with E-state index in [0.29, 0.717) is 22.6 Å². The molecule has 0 spiro atoms. The van der Waals surface area contributed by atoms with Crippen molar-refractivity contribution < 1.29 is 21.6 Å². The monoisotopic (exact) mass is 478 g/mol. The first-order chi connectivity index (χ1) is 15.7. The van der Waals surface area contributed by atoms with Crippen LogP contribution in [-0.4, -0.2) is 16.8 Å². The number of benzene rings is 4. The molecular formula is C26H22O5S2. The van der Waals surface area contributed by atoms with E-state index in [1.165, 1.54) is 12.1 Å². The summed E-state index contributed by atoms with van der Waals surface area (Å²) in [6, 6.07) is 25.8. The van der Waals surface area contributed by atoms with E-state index >= 15 is 0 Å². The van der Waals surface area contributed by atoms with Crippen molar-refractivity contribution in [2.75, 3.05) is 0 Å². The lowest BCUT2D eigenvalue weighted by Crippen LogP contribution is -2.04. The summed E-state index contributed by atoms with van der Waals surface area (Å²) < 4.78 is 57.4. The van der Waals surface area contributed by atoms with Gasteiger partial charge in [0.05, 0.1) is 19.6 Å². The highest BCUT2D eigenvalue weighted by atomic mass is 32.2. The highest BCUT2D eigenvalue weighted by Gasteiger charge is 2.21. The first-order valence-corrected chi connectivity index (χ1v) is 13.2. The summed E-state index contributed by atoms with van der Waals surface area (Å²) in [5.74, 6) is 0.979. The van der Waals surface area contributed by atoms with Gasteiger partial charge >= 0.3 is 0 Å². The van der Waals surface area contributed by atoms with E-state index < -0.39 is 19.7 Å². The van der Waals surface area contributed by atoms with Crippen molar-refractivity contribution in [2.45, 2.75) is 33.4 Å². The fraction of sp³-hybridized carbons (Fsp3) is 0.0769. The van der Waals surface area contributed by atoms with Crippen molar-refractivity contribution >= 4 is 19.7 Å². The summed E-state index contributed by atoms with van der Waals surface area (Å²) in [5.41, 5.74) is 1.32. The Labute approximate surface area is 194 Å². The van der Waals surface area contributed by atoms with Crippen LogP contribution < -0.4 is 4.74 Å². The second-order valence-electron chi connectivity index (χ2n) is 7.59. The van der Waals surface area contributed by atoms with Gasteiger partial charge in [0.1, 0.15) is 11.5 Å². The van der Waals surface area contributed by atoms with Gasteiger partial charge in [-0.25, -0.2) is 16.8 Å². The van der Waals surface area contributed by atoms with Gasteiger partial charge in [0.25, 0.3) is 0 Å². The van der Waals surface area contributed by atoms with Crippen LogP contribution in [0.25, 0.3) is 0 Å². The van der Waals surface area contributed by atoms with E-state index in [2.05, 4.69) is 0 Å². The Balaban J connectivity index is 1.61. The molecule has 168 valence electrons. The topological polar surface area (TPSA) is 77.5 Å². The zero-order valence-electron chi connectivity index (χ0n) is 18.1. The molecule has 4 aromatic carbocycles. The molecule has 4 rings (SSSR count). The molecule has 0 amide bonds. The Kier molecular flexibility index (Phi) is 6.10. The van der Waals surface area contributed by atoms with Gasteiger partial charge in [-0.15, -0.1) is 0 Å². The molecule has 7 heteroatoms. The average Bonchev–Trinajstić information content (AvgIpc) is 2.82. The zero-order chi connectivity index (χ0) is 23.6. The van der Waals surface area contributed by atoms with Crippen molar-refractivity contribution in [3.8, 4) is 11.5 Å². The highest BCUT2D eigenvalue weighted by Crippen LogP contribution is 2.33. The maximum absolute atomic E-state index is 13.0. The fourth-order valence-corrected chi connectivity index (χ4v) is 6.24. The molecular weight excluding hydrogens is 456 g/mol. The van der Waals surface area contributed by atoms with Gasteiger partial charge in [0.15, 0.2) is 0 Å². The quantitative estimate of drug-likeness (QED) is 0.352. The molecule has 0 aromatic heterocycles. The molecule has 0 bridgehead atoms. The molecule has 0 heterocycles. The number of hydrogen-bond acceptors (Lipinski definition) is 5. The van der Waals surface area contributed by atoms with Gasteiger partial charge in [0, 0.05) is 0 Å². The minimum absolute atomic E-state index is 0.166. The van der Waals surface area contributed by atoms with Gasteiger partial charge in [-0.3, -0.25) is 0 Å². The second kappa shape index (κ2) is 8.84. The zero-order valence-corrected chi connectivity index (χ0v) is 19.7. The molecule has 0 radical (unpaired) electrons. The lowest BCUT2D eigenvalue weighted by molar-refractivity contribution is 0.474. The van der Waals surface area contributed by atoms with Crippen molar-refractivity contribution in [3.63, 3.8) is 0 Å². The Morgan fingerprint density at radius 3 is 1.36 bits per heavy atom. The minimum Gasteiger partial charge on any atom is -0.457 e. The molecule has 0 aliphatic carbocycles. The number of sulfone groups is 2. The van der Waals surface area contributed by atoms with Crippen LogP contribution in [0.3, 0.4) is 0 Å². The summed E-state index contributed by atoms with van der Waals surface area (Å²) >= 11 is 0. The van der Waals surface area contributed by atoms with Crippen LogP contribution >= 0.6 is 0 Å². The third-order valence-electron chi connectivity index (χ3n) is 5.21. The standard InChI is InChI=1S/C26H22O5S2/c1-19-17-25(33(29,30)23-11-7-4-8-12-23)18-20(2)26(19)31-21-13-15-24(16-14-21)32(27,28)22-9-5-3-6-10-22/h3-18H,1-2H3. The largest absolute Gasteiger partial charge is 0.457 e. The Morgan fingerprint density at radius 2 is 0.909 bits per heavy atom. The van der Waals surface area contributed by atoms with Gasteiger partial charge in [-0.2, -0.15) is 0 Å². The maximum atomic E-state index is 13.0. The lowest BCUT2D eigenvalue weighted by atomic mass is 10.1. The molecule has 0 aliphatic rings. The summed E-state index contributed by atoms with van der Waals surface area (Å²) in [4.78, 5) is 0.812. The van der Waals surface area contributed by atoms with E-state index in [1.807, 2.05) is 0 Å². The highest BCUT2D eigenvalue weighted by molar-refractivity contribution is 7.91. The molecule has 33 heavy (non-hydrogen) atoms. The molecule has 5 nitrogen and oxygen atoms in total. The molecule has 0 aliphatic heterocycles.